The zero-order valence-corrected chi connectivity index (χ0v) is 12.9. The zero-order valence-electron chi connectivity index (χ0n) is 10.5. The number of hydrogen-bond acceptors (Lipinski definition) is 2. The van der Waals surface area contributed by atoms with Gasteiger partial charge in [0.2, 0.25) is 0 Å². The molecular formula is C15H18BrNS. The molecule has 0 aliphatic heterocycles. The van der Waals surface area contributed by atoms with Crippen molar-refractivity contribution in [2.75, 3.05) is 13.6 Å². The van der Waals surface area contributed by atoms with Gasteiger partial charge in [0.05, 0.1) is 0 Å². The third-order valence-electron chi connectivity index (χ3n) is 3.03. The maximum atomic E-state index is 3.62. The zero-order chi connectivity index (χ0) is 12.8. The van der Waals surface area contributed by atoms with Gasteiger partial charge in [-0.15, -0.1) is 11.3 Å². The van der Waals surface area contributed by atoms with Crippen LogP contribution < -0.4 is 5.32 Å². The van der Waals surface area contributed by atoms with E-state index in [1.165, 1.54) is 14.9 Å². The minimum atomic E-state index is 0.646. The van der Waals surface area contributed by atoms with E-state index in [2.05, 4.69) is 63.0 Å². The molecule has 2 rings (SSSR count). The molecule has 0 saturated carbocycles. The van der Waals surface area contributed by atoms with E-state index in [0.29, 0.717) is 5.92 Å². The van der Waals surface area contributed by atoms with Crippen LogP contribution in [0.1, 0.15) is 10.4 Å². The Morgan fingerprint density at radius 2 is 1.94 bits per heavy atom. The van der Waals surface area contributed by atoms with E-state index < -0.39 is 0 Å². The molecule has 0 aliphatic rings. The summed E-state index contributed by atoms with van der Waals surface area (Å²) in [5.41, 5.74) is 1.42. The van der Waals surface area contributed by atoms with E-state index in [1.54, 1.807) is 0 Å². The first-order chi connectivity index (χ1) is 8.79. The van der Waals surface area contributed by atoms with E-state index in [1.807, 2.05) is 18.4 Å². The Bertz CT molecular complexity index is 466. The van der Waals surface area contributed by atoms with E-state index >= 15 is 0 Å². The summed E-state index contributed by atoms with van der Waals surface area (Å²) < 4.78 is 1.25. The molecule has 0 radical (unpaired) electrons. The van der Waals surface area contributed by atoms with E-state index in [-0.39, 0.29) is 0 Å². The van der Waals surface area contributed by atoms with Crippen molar-refractivity contribution in [3.8, 4) is 0 Å². The second-order valence-electron chi connectivity index (χ2n) is 4.51. The fraction of sp³-hybridized carbons (Fsp3) is 0.333. The molecule has 18 heavy (non-hydrogen) atoms. The Labute approximate surface area is 121 Å². The Morgan fingerprint density at radius 1 is 1.17 bits per heavy atom. The van der Waals surface area contributed by atoms with Crippen molar-refractivity contribution in [1.29, 1.82) is 0 Å². The highest BCUT2D eigenvalue weighted by Gasteiger charge is 2.12. The van der Waals surface area contributed by atoms with E-state index in [0.717, 1.165) is 19.4 Å². The number of rotatable bonds is 6. The summed E-state index contributed by atoms with van der Waals surface area (Å²) in [6.45, 7) is 1.05. The van der Waals surface area contributed by atoms with Gasteiger partial charge in [-0.05, 0) is 65.3 Å². The molecule has 1 nitrogen and oxygen atoms in total. The Morgan fingerprint density at radius 3 is 2.56 bits per heavy atom. The predicted octanol–water partition coefficient (Wildman–Crippen LogP) is 4.13. The van der Waals surface area contributed by atoms with Gasteiger partial charge in [0, 0.05) is 9.35 Å². The third-order valence-corrected chi connectivity index (χ3v) is 4.97. The molecular weight excluding hydrogens is 306 g/mol. The van der Waals surface area contributed by atoms with Gasteiger partial charge >= 0.3 is 0 Å². The van der Waals surface area contributed by atoms with Crippen molar-refractivity contribution < 1.29 is 0 Å². The molecule has 1 atom stereocenters. The second kappa shape index (κ2) is 7.07. The van der Waals surface area contributed by atoms with E-state index in [9.17, 15) is 0 Å². The second-order valence-corrected chi connectivity index (χ2v) is 6.36. The fourth-order valence-corrected chi connectivity index (χ4v) is 3.82. The van der Waals surface area contributed by atoms with Gasteiger partial charge in [0.15, 0.2) is 0 Å². The lowest BCUT2D eigenvalue weighted by Gasteiger charge is -2.16. The molecule has 0 amide bonds. The largest absolute Gasteiger partial charge is 0.319 e. The number of benzene rings is 1. The summed E-state index contributed by atoms with van der Waals surface area (Å²) in [7, 11) is 2.03. The Balaban J connectivity index is 2.02. The van der Waals surface area contributed by atoms with Crippen molar-refractivity contribution >= 4 is 27.3 Å². The van der Waals surface area contributed by atoms with E-state index in [4.69, 9.17) is 0 Å². The van der Waals surface area contributed by atoms with Crippen LogP contribution in [0.3, 0.4) is 0 Å². The minimum absolute atomic E-state index is 0.646. The van der Waals surface area contributed by atoms with Crippen molar-refractivity contribution in [1.82, 2.24) is 5.32 Å². The van der Waals surface area contributed by atoms with Crippen LogP contribution in [0.4, 0.5) is 0 Å². The SMILES string of the molecule is CNCC(Cc1ccccc1)Cc1sccc1Br. The molecule has 1 heterocycles. The highest BCUT2D eigenvalue weighted by molar-refractivity contribution is 9.10. The molecule has 1 aromatic heterocycles. The molecule has 96 valence electrons. The van der Waals surface area contributed by atoms with Gasteiger partial charge in [0.1, 0.15) is 0 Å². The lowest BCUT2D eigenvalue weighted by atomic mass is 9.95. The molecule has 0 fully saturated rings. The van der Waals surface area contributed by atoms with Crippen molar-refractivity contribution in [2.45, 2.75) is 12.8 Å². The van der Waals surface area contributed by atoms with Gasteiger partial charge in [-0.1, -0.05) is 30.3 Å². The number of nitrogens with one attached hydrogen (secondary N) is 1. The smallest absolute Gasteiger partial charge is 0.0314 e. The van der Waals surface area contributed by atoms with Gasteiger partial charge < -0.3 is 5.32 Å². The average Bonchev–Trinajstić information content (AvgIpc) is 2.77. The highest BCUT2D eigenvalue weighted by atomic mass is 79.9. The lowest BCUT2D eigenvalue weighted by Crippen LogP contribution is -2.22. The van der Waals surface area contributed by atoms with Crippen LogP contribution in [0.25, 0.3) is 0 Å². The maximum absolute atomic E-state index is 3.62. The summed E-state index contributed by atoms with van der Waals surface area (Å²) in [5.74, 6) is 0.646. The molecule has 0 saturated heterocycles. The first-order valence-corrected chi connectivity index (χ1v) is 7.87. The molecule has 1 aromatic carbocycles. The first-order valence-electron chi connectivity index (χ1n) is 6.20. The molecule has 0 bridgehead atoms. The molecule has 0 spiro atoms. The normalized spacial score (nSPS) is 12.6. The van der Waals surface area contributed by atoms with Gasteiger partial charge in [-0.25, -0.2) is 0 Å². The van der Waals surface area contributed by atoms with Crippen LogP contribution in [0, 0.1) is 5.92 Å². The van der Waals surface area contributed by atoms with Crippen LogP contribution in [-0.4, -0.2) is 13.6 Å². The minimum Gasteiger partial charge on any atom is -0.319 e. The van der Waals surface area contributed by atoms with Crippen LogP contribution in [0.2, 0.25) is 0 Å². The van der Waals surface area contributed by atoms with Crippen molar-refractivity contribution in [2.24, 2.45) is 5.92 Å². The molecule has 0 aliphatic carbocycles. The lowest BCUT2D eigenvalue weighted by molar-refractivity contribution is 0.496. The Kier molecular flexibility index (Phi) is 5.42. The number of hydrogen-bond donors (Lipinski definition) is 1. The van der Waals surface area contributed by atoms with Crippen LogP contribution in [-0.2, 0) is 12.8 Å². The van der Waals surface area contributed by atoms with Crippen molar-refractivity contribution in [3.63, 3.8) is 0 Å². The quantitative estimate of drug-likeness (QED) is 0.842. The molecule has 2 aromatic rings. The Hall–Kier alpha value is -0.640. The van der Waals surface area contributed by atoms with Crippen LogP contribution in [0.15, 0.2) is 46.3 Å². The molecule has 1 N–H and O–H groups in total. The van der Waals surface area contributed by atoms with Crippen LogP contribution >= 0.6 is 27.3 Å². The average molecular weight is 324 g/mol. The number of thiophene rings is 1. The summed E-state index contributed by atoms with van der Waals surface area (Å²) in [6, 6.07) is 12.9. The summed E-state index contributed by atoms with van der Waals surface area (Å²) >= 11 is 5.46. The number of halogens is 1. The van der Waals surface area contributed by atoms with Crippen LogP contribution in [0.5, 0.6) is 0 Å². The van der Waals surface area contributed by atoms with Crippen molar-refractivity contribution in [3.05, 3.63) is 56.7 Å². The predicted molar refractivity (Wildman–Crippen MR) is 83.3 cm³/mol. The summed E-state index contributed by atoms with van der Waals surface area (Å²) in [6.07, 6.45) is 2.26. The maximum Gasteiger partial charge on any atom is 0.0314 e. The first kappa shape index (κ1) is 13.8. The molecule has 1 unspecified atom stereocenters. The topological polar surface area (TPSA) is 12.0 Å². The molecule has 3 heteroatoms. The van der Waals surface area contributed by atoms with Gasteiger partial charge in [-0.3, -0.25) is 0 Å². The fourth-order valence-electron chi connectivity index (χ4n) is 2.19. The monoisotopic (exact) mass is 323 g/mol. The summed E-state index contributed by atoms with van der Waals surface area (Å²) in [5, 5.41) is 5.46. The standard InChI is InChI=1S/C15H18BrNS/c1-17-11-13(9-12-5-3-2-4-6-12)10-15-14(16)7-8-18-15/h2-8,13,17H,9-11H2,1H3. The third kappa shape index (κ3) is 3.94. The summed E-state index contributed by atoms with van der Waals surface area (Å²) in [4.78, 5) is 1.45. The highest BCUT2D eigenvalue weighted by Crippen LogP contribution is 2.26. The van der Waals surface area contributed by atoms with Gasteiger partial charge in [-0.2, -0.15) is 0 Å². The van der Waals surface area contributed by atoms with Gasteiger partial charge in [0.25, 0.3) is 0 Å².